The number of aryl methyl sites for hydroxylation is 1. The minimum absolute atomic E-state index is 0.206. The Hall–Kier alpha value is -2.63. The molecule has 0 aromatic heterocycles. The molecule has 182 valence electrons. The summed E-state index contributed by atoms with van der Waals surface area (Å²) in [5.74, 6) is 1.74. The molecule has 1 saturated heterocycles. The van der Waals surface area contributed by atoms with Crippen LogP contribution in [0, 0.1) is 6.92 Å². The quantitative estimate of drug-likeness (QED) is 0.550. The summed E-state index contributed by atoms with van der Waals surface area (Å²) in [7, 11) is 0. The third kappa shape index (κ3) is 2.85. The van der Waals surface area contributed by atoms with Crippen LogP contribution in [0.3, 0.4) is 0 Å². The first-order valence-electron chi connectivity index (χ1n) is 13.1. The third-order valence-corrected chi connectivity index (χ3v) is 9.31. The summed E-state index contributed by atoms with van der Waals surface area (Å²) in [6, 6.07) is 13.2. The van der Waals surface area contributed by atoms with Crippen LogP contribution in [0.25, 0.3) is 0 Å². The second-order valence-electron chi connectivity index (χ2n) is 11.0. The molecular weight excluding hydrogens is 438 g/mol. The fourth-order valence-electron chi connectivity index (χ4n) is 7.77. The van der Waals surface area contributed by atoms with Gasteiger partial charge in [0.05, 0.1) is 17.6 Å². The van der Waals surface area contributed by atoms with Crippen LogP contribution in [0.4, 0.5) is 0 Å². The fourth-order valence-corrected chi connectivity index (χ4v) is 7.77. The summed E-state index contributed by atoms with van der Waals surface area (Å²) in [6.07, 6.45) is 6.96. The lowest BCUT2D eigenvalue weighted by molar-refractivity contribution is -0.209. The molecule has 0 unspecified atom stereocenters. The standard InChI is InChI=1S/C30H33NO4/c1-3-15-34-30-12-11-23(32)28-29(30)13-14-31(21-9-10-21)25(30)17-22-19(2)16-24(27(35-28)26(22)29)33-18-20-7-5-4-6-8-20/h3-8,16,21,25,28H,1,9-15,17-18H2,2H3/t25-,28+,29+,30-/m1/s1. The van der Waals surface area contributed by atoms with E-state index in [1.807, 2.05) is 24.3 Å². The van der Waals surface area contributed by atoms with Crippen molar-refractivity contribution >= 4 is 5.78 Å². The molecule has 35 heavy (non-hydrogen) atoms. The van der Waals surface area contributed by atoms with Gasteiger partial charge in [-0.1, -0.05) is 36.4 Å². The lowest BCUT2D eigenvalue weighted by Gasteiger charge is -2.64. The molecule has 2 aromatic carbocycles. The van der Waals surface area contributed by atoms with Gasteiger partial charge in [0.1, 0.15) is 6.61 Å². The monoisotopic (exact) mass is 471 g/mol. The Bertz CT molecular complexity index is 1200. The van der Waals surface area contributed by atoms with E-state index in [0.29, 0.717) is 25.7 Å². The highest BCUT2D eigenvalue weighted by atomic mass is 16.5. The Labute approximate surface area is 207 Å². The molecule has 7 rings (SSSR count). The number of Topliss-reactive ketones (excluding diaryl/α,β-unsaturated/α-hetero) is 1. The summed E-state index contributed by atoms with van der Waals surface area (Å²) in [6.45, 7) is 8.10. The van der Waals surface area contributed by atoms with E-state index in [2.05, 4.69) is 36.6 Å². The molecule has 2 aromatic rings. The average molecular weight is 472 g/mol. The molecule has 5 heteroatoms. The van der Waals surface area contributed by atoms with Gasteiger partial charge in [-0.3, -0.25) is 9.69 Å². The fraction of sp³-hybridized carbons (Fsp3) is 0.500. The molecule has 0 amide bonds. The Morgan fingerprint density at radius 2 is 2.06 bits per heavy atom. The van der Waals surface area contributed by atoms with E-state index in [4.69, 9.17) is 14.2 Å². The number of piperidine rings is 1. The van der Waals surface area contributed by atoms with Crippen molar-refractivity contribution in [1.29, 1.82) is 0 Å². The van der Waals surface area contributed by atoms with Crippen molar-refractivity contribution in [1.82, 2.24) is 4.90 Å². The van der Waals surface area contributed by atoms with Gasteiger partial charge < -0.3 is 14.2 Å². The number of ketones is 1. The van der Waals surface area contributed by atoms with E-state index in [9.17, 15) is 4.79 Å². The molecular formula is C30H33NO4. The highest BCUT2D eigenvalue weighted by Crippen LogP contribution is 2.67. The van der Waals surface area contributed by atoms with Crippen molar-refractivity contribution in [3.8, 4) is 11.5 Å². The molecule has 4 atom stereocenters. The number of hydrogen-bond donors (Lipinski definition) is 0. The molecule has 3 aliphatic carbocycles. The van der Waals surface area contributed by atoms with Gasteiger partial charge in [-0.15, -0.1) is 6.58 Å². The van der Waals surface area contributed by atoms with E-state index in [0.717, 1.165) is 42.9 Å². The summed E-state index contributed by atoms with van der Waals surface area (Å²) in [5.41, 5.74) is 3.99. The van der Waals surface area contributed by atoms with Crippen LogP contribution in [0.5, 0.6) is 11.5 Å². The number of carbonyl (C=O) groups is 1. The van der Waals surface area contributed by atoms with Gasteiger partial charge >= 0.3 is 0 Å². The zero-order valence-electron chi connectivity index (χ0n) is 20.4. The minimum Gasteiger partial charge on any atom is -0.485 e. The topological polar surface area (TPSA) is 48.0 Å². The number of rotatable bonds is 7. The lowest BCUT2D eigenvalue weighted by Crippen LogP contribution is -2.77. The van der Waals surface area contributed by atoms with Crippen LogP contribution in [-0.2, 0) is 28.0 Å². The van der Waals surface area contributed by atoms with Gasteiger partial charge in [-0.25, -0.2) is 0 Å². The van der Waals surface area contributed by atoms with Crippen molar-refractivity contribution in [2.24, 2.45) is 0 Å². The highest BCUT2D eigenvalue weighted by Gasteiger charge is 2.75. The molecule has 2 saturated carbocycles. The molecule has 2 aliphatic heterocycles. The molecule has 2 bridgehead atoms. The first-order valence-corrected chi connectivity index (χ1v) is 13.1. The number of hydrogen-bond acceptors (Lipinski definition) is 5. The van der Waals surface area contributed by atoms with Crippen LogP contribution >= 0.6 is 0 Å². The zero-order chi connectivity index (χ0) is 23.8. The first kappa shape index (κ1) is 21.6. The predicted octanol–water partition coefficient (Wildman–Crippen LogP) is 4.67. The van der Waals surface area contributed by atoms with Gasteiger partial charge in [0.25, 0.3) is 0 Å². The number of carbonyl (C=O) groups excluding carboxylic acids is 1. The van der Waals surface area contributed by atoms with Gasteiger partial charge in [0.15, 0.2) is 23.4 Å². The molecule has 2 heterocycles. The molecule has 5 aliphatic rings. The van der Waals surface area contributed by atoms with Crippen molar-refractivity contribution in [3.63, 3.8) is 0 Å². The first-order chi connectivity index (χ1) is 17.1. The van der Waals surface area contributed by atoms with Crippen LogP contribution < -0.4 is 9.47 Å². The van der Waals surface area contributed by atoms with E-state index in [-0.39, 0.29) is 11.8 Å². The normalized spacial score (nSPS) is 32.7. The largest absolute Gasteiger partial charge is 0.485 e. The maximum absolute atomic E-state index is 13.5. The number of benzene rings is 2. The smallest absolute Gasteiger partial charge is 0.174 e. The second kappa shape index (κ2) is 7.68. The number of likely N-dealkylation sites (tertiary alicyclic amines) is 1. The maximum atomic E-state index is 13.5. The van der Waals surface area contributed by atoms with Crippen LogP contribution in [-0.4, -0.2) is 47.6 Å². The van der Waals surface area contributed by atoms with Crippen LogP contribution in [0.15, 0.2) is 49.1 Å². The summed E-state index contributed by atoms with van der Waals surface area (Å²) < 4.78 is 19.9. The highest BCUT2D eigenvalue weighted by molar-refractivity contribution is 5.90. The second-order valence-corrected chi connectivity index (χ2v) is 11.0. The van der Waals surface area contributed by atoms with E-state index in [1.54, 1.807) is 0 Å². The Kier molecular flexibility index (Phi) is 4.75. The predicted molar refractivity (Wildman–Crippen MR) is 133 cm³/mol. The van der Waals surface area contributed by atoms with Gasteiger partial charge in [-0.05, 0) is 68.3 Å². The van der Waals surface area contributed by atoms with Crippen LogP contribution in [0.2, 0.25) is 0 Å². The molecule has 3 fully saturated rings. The zero-order valence-corrected chi connectivity index (χ0v) is 20.4. The molecule has 1 spiro atoms. The van der Waals surface area contributed by atoms with E-state index < -0.39 is 17.1 Å². The summed E-state index contributed by atoms with van der Waals surface area (Å²) >= 11 is 0. The van der Waals surface area contributed by atoms with Gasteiger partial charge in [0, 0.05) is 24.1 Å². The van der Waals surface area contributed by atoms with E-state index >= 15 is 0 Å². The Morgan fingerprint density at radius 1 is 1.23 bits per heavy atom. The van der Waals surface area contributed by atoms with E-state index in [1.165, 1.54) is 29.5 Å². The SMILES string of the molecule is C=CCO[C@@]12CCC(=O)[C@@H]3Oc4c(OCc5ccccc5)cc(C)c5c4[C@@]31CCN(C1CC1)[C@@H]2C5. The lowest BCUT2D eigenvalue weighted by atomic mass is 9.48. The summed E-state index contributed by atoms with van der Waals surface area (Å²) in [5, 5.41) is 0. The van der Waals surface area contributed by atoms with Crippen molar-refractivity contribution < 1.29 is 19.0 Å². The van der Waals surface area contributed by atoms with Crippen molar-refractivity contribution in [3.05, 3.63) is 71.3 Å². The third-order valence-electron chi connectivity index (χ3n) is 9.31. The van der Waals surface area contributed by atoms with Crippen molar-refractivity contribution in [2.75, 3.05) is 13.2 Å². The summed E-state index contributed by atoms with van der Waals surface area (Å²) in [4.78, 5) is 16.2. The molecule has 0 N–H and O–H groups in total. The number of ether oxygens (including phenoxy) is 3. The van der Waals surface area contributed by atoms with Crippen molar-refractivity contribution in [2.45, 2.75) is 81.3 Å². The Balaban J connectivity index is 1.40. The minimum atomic E-state index is -0.500. The number of nitrogens with zero attached hydrogens (tertiary/aromatic N) is 1. The Morgan fingerprint density at radius 3 is 2.83 bits per heavy atom. The maximum Gasteiger partial charge on any atom is 0.174 e. The van der Waals surface area contributed by atoms with Gasteiger partial charge in [-0.2, -0.15) is 0 Å². The average Bonchev–Trinajstić information content (AvgIpc) is 3.65. The molecule has 5 nitrogen and oxygen atoms in total. The van der Waals surface area contributed by atoms with Crippen LogP contribution in [0.1, 0.15) is 54.4 Å². The molecule has 0 radical (unpaired) electrons. The van der Waals surface area contributed by atoms with Gasteiger partial charge in [0.2, 0.25) is 0 Å².